The minimum absolute atomic E-state index is 0.0202. The molecule has 1 heterocycles. The van der Waals surface area contributed by atoms with E-state index in [9.17, 15) is 0 Å². The fraction of sp³-hybridized carbons (Fsp3) is 0.0769. The number of benzene rings is 2. The van der Waals surface area contributed by atoms with Crippen LogP contribution in [0.5, 0.6) is 0 Å². The van der Waals surface area contributed by atoms with Gasteiger partial charge in [-0.25, -0.2) is 0 Å². The highest BCUT2D eigenvalue weighted by Crippen LogP contribution is 2.31. The maximum atomic E-state index is 6.29. The number of fused-ring (bicyclic) bond motifs is 3. The zero-order valence-electron chi connectivity index (χ0n) is 8.22. The lowest BCUT2D eigenvalue weighted by molar-refractivity contribution is -0.590. The Morgan fingerprint density at radius 1 is 1.07 bits per heavy atom. The van der Waals surface area contributed by atoms with Crippen molar-refractivity contribution >= 4 is 11.6 Å². The van der Waals surface area contributed by atoms with Gasteiger partial charge in [0.05, 0.1) is 10.6 Å². The van der Waals surface area contributed by atoms with Gasteiger partial charge in [0.1, 0.15) is 0 Å². The van der Waals surface area contributed by atoms with Gasteiger partial charge in [0.25, 0.3) is 0 Å². The molecule has 0 amide bonds. The molecule has 0 spiro atoms. The van der Waals surface area contributed by atoms with Gasteiger partial charge in [-0.2, -0.15) is 0 Å². The molecule has 0 fully saturated rings. The first-order valence-electron chi connectivity index (χ1n) is 4.80. The van der Waals surface area contributed by atoms with Crippen molar-refractivity contribution in [2.45, 2.75) is 6.92 Å². The van der Waals surface area contributed by atoms with Crippen LogP contribution in [-0.4, -0.2) is 0 Å². The van der Waals surface area contributed by atoms with Gasteiger partial charge in [0, 0.05) is 11.1 Å². The van der Waals surface area contributed by atoms with Gasteiger partial charge in [-0.05, 0) is 25.1 Å². The number of aryl methyl sites for hydroxylation is 1. The van der Waals surface area contributed by atoms with E-state index < -0.39 is 0 Å². The van der Waals surface area contributed by atoms with E-state index in [-0.39, 0.29) is 21.2 Å². The monoisotopic (exact) mass is 327 g/mol. The first-order chi connectivity index (χ1) is 7.27. The van der Waals surface area contributed by atoms with Crippen molar-refractivity contribution in [3.8, 4) is 11.1 Å². The van der Waals surface area contributed by atoms with Crippen LogP contribution >= 0.6 is 11.6 Å². The fourth-order valence-corrected chi connectivity index (χ4v) is 5.46. The molecule has 0 saturated carbocycles. The van der Waals surface area contributed by atoms with E-state index in [0.717, 1.165) is 5.02 Å². The third kappa shape index (κ3) is 1.41. The van der Waals surface area contributed by atoms with E-state index in [4.69, 9.17) is 11.6 Å². The van der Waals surface area contributed by atoms with Crippen LogP contribution in [0.2, 0.25) is 5.02 Å². The van der Waals surface area contributed by atoms with Crippen molar-refractivity contribution < 1.29 is 21.2 Å². The summed E-state index contributed by atoms with van der Waals surface area (Å²) in [5.41, 5.74) is 4.03. The van der Waals surface area contributed by atoms with Crippen molar-refractivity contribution in [2.75, 3.05) is 0 Å². The van der Waals surface area contributed by atoms with Crippen molar-refractivity contribution in [1.82, 2.24) is 0 Å². The van der Waals surface area contributed by atoms with E-state index in [2.05, 4.69) is 37.3 Å². The van der Waals surface area contributed by atoms with Crippen molar-refractivity contribution in [1.29, 1.82) is 0 Å². The average Bonchev–Trinajstić information content (AvgIpc) is 2.64. The molecule has 1 aliphatic rings. The summed E-state index contributed by atoms with van der Waals surface area (Å²) in [5, 5.41) is 0.903. The first-order valence-corrected chi connectivity index (χ1v) is 7.34. The molecule has 0 saturated heterocycles. The zero-order valence-corrected chi connectivity index (χ0v) is 11.1. The third-order valence-electron chi connectivity index (χ3n) is 2.62. The zero-order chi connectivity index (χ0) is 10.4. The lowest BCUT2D eigenvalue weighted by Gasteiger charge is -1.99. The maximum Gasteiger partial charge on any atom is 0.359 e. The second-order valence-electron chi connectivity index (χ2n) is 3.63. The number of hydrogen-bond donors (Lipinski definition) is 0. The van der Waals surface area contributed by atoms with Crippen LogP contribution in [0.25, 0.3) is 11.1 Å². The Morgan fingerprint density at radius 3 is 2.73 bits per heavy atom. The molecular weight excluding hydrogens is 319 g/mol. The molecular formula is C13H9ClI+. The molecule has 74 valence electrons. The van der Waals surface area contributed by atoms with Gasteiger partial charge in [0.15, 0.2) is 0 Å². The van der Waals surface area contributed by atoms with E-state index in [1.54, 1.807) is 0 Å². The predicted octanol–water partition coefficient (Wildman–Crippen LogP) is 0.757. The van der Waals surface area contributed by atoms with E-state index in [1.807, 2.05) is 6.07 Å². The van der Waals surface area contributed by atoms with Gasteiger partial charge in [0.2, 0.25) is 7.14 Å². The highest BCUT2D eigenvalue weighted by atomic mass is 127. The van der Waals surface area contributed by atoms with Crippen molar-refractivity contribution in [2.24, 2.45) is 0 Å². The lowest BCUT2D eigenvalue weighted by atomic mass is 10.0. The molecule has 3 rings (SSSR count). The Morgan fingerprint density at radius 2 is 1.87 bits per heavy atom. The van der Waals surface area contributed by atoms with Gasteiger partial charge >= 0.3 is 21.2 Å². The minimum atomic E-state index is -0.0202. The Labute approximate surface area is 105 Å². The number of hydrogen-bond acceptors (Lipinski definition) is 0. The van der Waals surface area contributed by atoms with Crippen LogP contribution in [0.3, 0.4) is 0 Å². The Kier molecular flexibility index (Phi) is 2.25. The highest BCUT2D eigenvalue weighted by molar-refractivity contribution is 6.33. The summed E-state index contributed by atoms with van der Waals surface area (Å²) in [6.07, 6.45) is 0. The maximum absolute atomic E-state index is 6.29. The standard InChI is InChI=1S/C13H9ClI/c1-8-6-7-10(14)12-9-4-2-3-5-11(9)15-13(8)12/h2-7H,1H3/q+1. The summed E-state index contributed by atoms with van der Waals surface area (Å²) < 4.78 is 3.00. The second kappa shape index (κ2) is 3.49. The fourth-order valence-electron chi connectivity index (χ4n) is 1.87. The molecule has 0 N–H and O–H groups in total. The summed E-state index contributed by atoms with van der Waals surface area (Å²) in [6.45, 7) is 2.18. The van der Waals surface area contributed by atoms with Gasteiger partial charge < -0.3 is 0 Å². The number of rotatable bonds is 0. The molecule has 2 aromatic rings. The Bertz CT molecular complexity index is 546. The smallest absolute Gasteiger partial charge is 0.0835 e. The van der Waals surface area contributed by atoms with Crippen LogP contribution in [0, 0.1) is 14.1 Å². The Balaban J connectivity index is 2.37. The topological polar surface area (TPSA) is 0 Å². The summed E-state index contributed by atoms with van der Waals surface area (Å²) in [6, 6.07) is 12.8. The van der Waals surface area contributed by atoms with Crippen LogP contribution < -0.4 is 21.2 Å². The summed E-state index contributed by atoms with van der Waals surface area (Å²) in [5.74, 6) is 0. The normalized spacial score (nSPS) is 12.4. The Hall–Kier alpha value is -0.540. The van der Waals surface area contributed by atoms with Crippen LogP contribution in [-0.2, 0) is 0 Å². The summed E-state index contributed by atoms with van der Waals surface area (Å²) in [4.78, 5) is 0. The first kappa shape index (κ1) is 9.67. The van der Waals surface area contributed by atoms with E-state index in [0.29, 0.717) is 0 Å². The van der Waals surface area contributed by atoms with Crippen LogP contribution in [0.1, 0.15) is 5.56 Å². The molecule has 0 radical (unpaired) electrons. The molecule has 2 aromatic carbocycles. The van der Waals surface area contributed by atoms with E-state index >= 15 is 0 Å². The largest absolute Gasteiger partial charge is 0.359 e. The summed E-state index contributed by atoms with van der Waals surface area (Å²) >= 11 is 6.27. The quantitative estimate of drug-likeness (QED) is 0.535. The van der Waals surface area contributed by atoms with Crippen LogP contribution in [0.15, 0.2) is 36.4 Å². The van der Waals surface area contributed by atoms with Crippen molar-refractivity contribution in [3.05, 3.63) is 54.1 Å². The molecule has 0 aromatic heterocycles. The molecule has 0 bridgehead atoms. The molecule has 0 nitrogen and oxygen atoms in total. The second-order valence-corrected chi connectivity index (χ2v) is 6.82. The third-order valence-corrected chi connectivity index (χ3v) is 6.39. The van der Waals surface area contributed by atoms with Gasteiger partial charge in [-0.1, -0.05) is 29.8 Å². The minimum Gasteiger partial charge on any atom is -0.0835 e. The summed E-state index contributed by atoms with van der Waals surface area (Å²) in [7, 11) is 0. The van der Waals surface area contributed by atoms with Crippen LogP contribution in [0.4, 0.5) is 0 Å². The molecule has 15 heavy (non-hydrogen) atoms. The molecule has 0 unspecified atom stereocenters. The average molecular weight is 328 g/mol. The van der Waals surface area contributed by atoms with Crippen molar-refractivity contribution in [3.63, 3.8) is 0 Å². The lowest BCUT2D eigenvalue weighted by Crippen LogP contribution is -3.61. The molecule has 0 atom stereocenters. The van der Waals surface area contributed by atoms with Gasteiger partial charge in [-0.3, -0.25) is 0 Å². The number of halogens is 2. The van der Waals surface area contributed by atoms with E-state index in [1.165, 1.54) is 23.8 Å². The highest BCUT2D eigenvalue weighted by Gasteiger charge is 2.36. The SMILES string of the molecule is Cc1ccc(Cl)c2c1[I+]c1ccccc1-2. The predicted molar refractivity (Wildman–Crippen MR) is 59.0 cm³/mol. The molecule has 2 heteroatoms. The molecule has 1 aliphatic heterocycles. The van der Waals surface area contributed by atoms with Gasteiger partial charge in [-0.15, -0.1) is 0 Å². The molecule has 0 aliphatic carbocycles.